The number of benzene rings is 3. The Balaban J connectivity index is 1.70. The number of fused-ring (bicyclic) bond motifs is 1. The monoisotopic (exact) mass is 460 g/mol. The predicted octanol–water partition coefficient (Wildman–Crippen LogP) is 6.14. The second-order valence-electron chi connectivity index (χ2n) is 6.44. The summed E-state index contributed by atoms with van der Waals surface area (Å²) in [4.78, 5) is 19.7. The molecule has 5 nitrogen and oxygen atoms in total. The van der Waals surface area contributed by atoms with Crippen molar-refractivity contribution in [1.82, 2.24) is 9.97 Å². The number of methoxy groups -OCH3 is 1. The lowest BCUT2D eigenvalue weighted by Gasteiger charge is -2.14. The molecule has 0 radical (unpaired) electrons. The fourth-order valence-corrected chi connectivity index (χ4v) is 3.70. The molecule has 8 heteroatoms. The van der Waals surface area contributed by atoms with Gasteiger partial charge in [0.1, 0.15) is 12.4 Å². The molecule has 3 aromatic carbocycles. The van der Waals surface area contributed by atoms with Crippen LogP contribution in [0.15, 0.2) is 59.4 Å². The number of H-pyrrole nitrogens is 1. The largest absolute Gasteiger partial charge is 0.493 e. The third-order valence-electron chi connectivity index (χ3n) is 4.52. The van der Waals surface area contributed by atoms with E-state index in [1.807, 2.05) is 6.07 Å². The van der Waals surface area contributed by atoms with Gasteiger partial charge in [-0.3, -0.25) is 4.79 Å². The summed E-state index contributed by atoms with van der Waals surface area (Å²) in [6.07, 6.45) is 0. The number of aromatic amines is 1. The van der Waals surface area contributed by atoms with Crippen LogP contribution >= 0.6 is 34.8 Å². The van der Waals surface area contributed by atoms with Gasteiger partial charge in [0.2, 0.25) is 0 Å². The van der Waals surface area contributed by atoms with Gasteiger partial charge < -0.3 is 14.5 Å². The van der Waals surface area contributed by atoms with Gasteiger partial charge in [-0.25, -0.2) is 4.98 Å². The van der Waals surface area contributed by atoms with Crippen molar-refractivity contribution in [2.45, 2.75) is 6.61 Å². The highest BCUT2D eigenvalue weighted by atomic mass is 35.5. The van der Waals surface area contributed by atoms with Crippen LogP contribution < -0.4 is 15.0 Å². The fraction of sp³-hybridized carbons (Fsp3) is 0.0909. The van der Waals surface area contributed by atoms with Crippen molar-refractivity contribution < 1.29 is 9.47 Å². The highest BCUT2D eigenvalue weighted by Gasteiger charge is 2.15. The van der Waals surface area contributed by atoms with Crippen LogP contribution in [-0.2, 0) is 6.61 Å². The van der Waals surface area contributed by atoms with E-state index in [9.17, 15) is 4.79 Å². The quantitative estimate of drug-likeness (QED) is 0.388. The summed E-state index contributed by atoms with van der Waals surface area (Å²) in [7, 11) is 1.52. The van der Waals surface area contributed by atoms with E-state index in [-0.39, 0.29) is 12.2 Å². The van der Waals surface area contributed by atoms with Crippen molar-refractivity contribution in [3.8, 4) is 22.9 Å². The van der Waals surface area contributed by atoms with Crippen molar-refractivity contribution in [1.29, 1.82) is 0 Å². The summed E-state index contributed by atoms with van der Waals surface area (Å²) in [5, 5.41) is 1.91. The van der Waals surface area contributed by atoms with E-state index in [0.29, 0.717) is 48.9 Å². The first kappa shape index (κ1) is 20.5. The number of halogens is 3. The topological polar surface area (TPSA) is 64.2 Å². The molecule has 30 heavy (non-hydrogen) atoms. The Bertz CT molecular complexity index is 1300. The zero-order valence-corrected chi connectivity index (χ0v) is 18.0. The molecule has 4 rings (SSSR count). The Hall–Kier alpha value is -2.73. The van der Waals surface area contributed by atoms with Gasteiger partial charge in [0.25, 0.3) is 5.56 Å². The van der Waals surface area contributed by atoms with Gasteiger partial charge in [-0.2, -0.15) is 0 Å². The standard InChI is InChI=1S/C22H15Cl3N2O3/c1-29-19-9-15(21-26-18-5-3-2-4-14(18)22(28)27-21)17(25)10-20(19)30-11-12-6-7-13(23)8-16(12)24/h2-10H,11H2,1H3,(H,26,27,28). The van der Waals surface area contributed by atoms with Gasteiger partial charge in [-0.1, -0.05) is 53.0 Å². The Kier molecular flexibility index (Phi) is 5.86. The molecule has 0 saturated heterocycles. The number of para-hydroxylation sites is 1. The number of nitrogens with one attached hydrogen (secondary N) is 1. The molecule has 152 valence electrons. The molecule has 4 aromatic rings. The van der Waals surface area contributed by atoms with E-state index in [0.717, 1.165) is 5.56 Å². The average molecular weight is 462 g/mol. The number of hydrogen-bond donors (Lipinski definition) is 1. The first-order valence-electron chi connectivity index (χ1n) is 8.90. The third kappa shape index (κ3) is 4.10. The molecule has 0 aliphatic rings. The first-order chi connectivity index (χ1) is 14.5. The summed E-state index contributed by atoms with van der Waals surface area (Å²) in [5.41, 5.74) is 1.62. The molecule has 0 amide bonds. The van der Waals surface area contributed by atoms with Crippen molar-refractivity contribution >= 4 is 45.7 Å². The molecule has 1 heterocycles. The predicted molar refractivity (Wildman–Crippen MR) is 120 cm³/mol. The summed E-state index contributed by atoms with van der Waals surface area (Å²) < 4.78 is 11.3. The lowest BCUT2D eigenvalue weighted by Crippen LogP contribution is -2.09. The molecule has 0 aliphatic carbocycles. The van der Waals surface area contributed by atoms with Crippen LogP contribution in [0.25, 0.3) is 22.3 Å². The molecule has 0 bridgehead atoms. The van der Waals surface area contributed by atoms with Crippen LogP contribution in [0.5, 0.6) is 11.5 Å². The highest BCUT2D eigenvalue weighted by molar-refractivity contribution is 6.35. The molecular weight excluding hydrogens is 447 g/mol. The van der Waals surface area contributed by atoms with Crippen LogP contribution in [-0.4, -0.2) is 17.1 Å². The minimum Gasteiger partial charge on any atom is -0.493 e. The van der Waals surface area contributed by atoms with Crippen molar-refractivity contribution in [3.05, 3.63) is 85.6 Å². The summed E-state index contributed by atoms with van der Waals surface area (Å²) in [6, 6.07) is 15.6. The zero-order chi connectivity index (χ0) is 21.3. The summed E-state index contributed by atoms with van der Waals surface area (Å²) >= 11 is 18.6. The molecule has 0 atom stereocenters. The molecular formula is C22H15Cl3N2O3. The molecule has 0 spiro atoms. The van der Waals surface area contributed by atoms with Gasteiger partial charge in [-0.15, -0.1) is 0 Å². The Morgan fingerprint density at radius 3 is 2.53 bits per heavy atom. The highest BCUT2D eigenvalue weighted by Crippen LogP contribution is 2.38. The van der Waals surface area contributed by atoms with Crippen LogP contribution in [0.4, 0.5) is 0 Å². The van der Waals surface area contributed by atoms with E-state index >= 15 is 0 Å². The number of nitrogens with zero attached hydrogens (tertiary/aromatic N) is 1. The van der Waals surface area contributed by atoms with E-state index in [1.54, 1.807) is 48.5 Å². The number of hydrogen-bond acceptors (Lipinski definition) is 4. The maximum absolute atomic E-state index is 12.4. The Labute approximate surface area is 187 Å². The summed E-state index contributed by atoms with van der Waals surface area (Å²) in [6.45, 7) is 0.201. The van der Waals surface area contributed by atoms with E-state index in [1.165, 1.54) is 7.11 Å². The van der Waals surface area contributed by atoms with Gasteiger partial charge in [0.05, 0.1) is 23.0 Å². The SMILES string of the molecule is COc1cc(-c2nc3ccccc3c(=O)[nH]2)c(Cl)cc1OCc1ccc(Cl)cc1Cl. The van der Waals surface area contributed by atoms with Crippen LogP contribution in [0.1, 0.15) is 5.56 Å². The minimum atomic E-state index is -0.247. The van der Waals surface area contributed by atoms with E-state index < -0.39 is 0 Å². The second kappa shape index (κ2) is 8.56. The lowest BCUT2D eigenvalue weighted by atomic mass is 10.1. The number of ether oxygens (including phenoxy) is 2. The normalized spacial score (nSPS) is 10.9. The van der Waals surface area contributed by atoms with Gasteiger partial charge in [0.15, 0.2) is 11.5 Å². The lowest BCUT2D eigenvalue weighted by molar-refractivity contribution is 0.284. The third-order valence-corrected chi connectivity index (χ3v) is 5.42. The Morgan fingerprint density at radius 2 is 1.77 bits per heavy atom. The van der Waals surface area contributed by atoms with Crippen LogP contribution in [0.3, 0.4) is 0 Å². The average Bonchev–Trinajstić information content (AvgIpc) is 2.73. The summed E-state index contributed by atoms with van der Waals surface area (Å²) in [5.74, 6) is 1.21. The zero-order valence-electron chi connectivity index (χ0n) is 15.7. The second-order valence-corrected chi connectivity index (χ2v) is 7.69. The van der Waals surface area contributed by atoms with Gasteiger partial charge in [0, 0.05) is 27.2 Å². The molecule has 1 N–H and O–H groups in total. The maximum atomic E-state index is 12.4. The molecule has 0 unspecified atom stereocenters. The number of rotatable bonds is 5. The van der Waals surface area contributed by atoms with Crippen molar-refractivity contribution in [2.24, 2.45) is 0 Å². The molecule has 0 saturated carbocycles. The van der Waals surface area contributed by atoms with Gasteiger partial charge >= 0.3 is 0 Å². The minimum absolute atomic E-state index is 0.201. The molecule has 0 fully saturated rings. The first-order valence-corrected chi connectivity index (χ1v) is 10.0. The van der Waals surface area contributed by atoms with E-state index in [2.05, 4.69) is 9.97 Å². The van der Waals surface area contributed by atoms with Gasteiger partial charge in [-0.05, 0) is 30.3 Å². The van der Waals surface area contributed by atoms with Crippen molar-refractivity contribution in [3.63, 3.8) is 0 Å². The fourth-order valence-electron chi connectivity index (χ4n) is 3.00. The van der Waals surface area contributed by atoms with Crippen LogP contribution in [0.2, 0.25) is 15.1 Å². The van der Waals surface area contributed by atoms with Crippen LogP contribution in [0, 0.1) is 0 Å². The maximum Gasteiger partial charge on any atom is 0.259 e. The van der Waals surface area contributed by atoms with Crippen molar-refractivity contribution in [2.75, 3.05) is 7.11 Å². The number of aromatic nitrogens is 2. The Morgan fingerprint density at radius 1 is 0.967 bits per heavy atom. The molecule has 1 aromatic heterocycles. The van der Waals surface area contributed by atoms with E-state index in [4.69, 9.17) is 44.3 Å². The molecule has 0 aliphatic heterocycles. The smallest absolute Gasteiger partial charge is 0.259 e.